The summed E-state index contributed by atoms with van der Waals surface area (Å²) in [7, 11) is 0. The molecule has 0 aliphatic rings. The molecule has 15 heteroatoms. The fourth-order valence-electron chi connectivity index (χ4n) is 5.94. The molecule has 4 rings (SSSR count). The number of hydrogen-bond donors (Lipinski definition) is 2. The molecule has 0 saturated carbocycles. The van der Waals surface area contributed by atoms with Crippen LogP contribution in [0.4, 0.5) is 4.79 Å². The molecule has 340 valence electrons. The van der Waals surface area contributed by atoms with E-state index in [0.29, 0.717) is 5.56 Å². The number of hydrogen-bond acceptors (Lipinski definition) is 13. The van der Waals surface area contributed by atoms with Crippen LogP contribution in [0.15, 0.2) is 121 Å². The Hall–Kier alpha value is -6.48. The lowest BCUT2D eigenvalue weighted by molar-refractivity contribution is -0.155. The molecule has 0 aliphatic carbocycles. The SMILES string of the molecule is CC(C)(C)OC(=O)N[C@H](CCC(=O)C[C@H](CSC[C@H](CC(=O)OCc1ccccc1)C(=O)OCc1ccccc1)C(=O)NCC(=O)OCc1ccccc1)C(=O)OCc1ccccc1. The van der Waals surface area contributed by atoms with E-state index in [2.05, 4.69) is 10.6 Å². The lowest BCUT2D eigenvalue weighted by Gasteiger charge is -2.23. The van der Waals surface area contributed by atoms with Crippen molar-refractivity contribution in [3.63, 3.8) is 0 Å². The van der Waals surface area contributed by atoms with Crippen LogP contribution >= 0.6 is 11.8 Å². The number of amides is 2. The highest BCUT2D eigenvalue weighted by molar-refractivity contribution is 7.99. The second kappa shape index (κ2) is 26.9. The van der Waals surface area contributed by atoms with Crippen molar-refractivity contribution in [2.75, 3.05) is 18.1 Å². The molecule has 0 saturated heterocycles. The highest BCUT2D eigenvalue weighted by atomic mass is 32.2. The van der Waals surface area contributed by atoms with Gasteiger partial charge < -0.3 is 34.3 Å². The summed E-state index contributed by atoms with van der Waals surface area (Å²) in [6.07, 6.45) is -1.91. The monoisotopic (exact) mass is 896 g/mol. The third-order valence-corrected chi connectivity index (χ3v) is 10.5. The molecule has 0 heterocycles. The van der Waals surface area contributed by atoms with Crippen LogP contribution in [0.3, 0.4) is 0 Å². The van der Waals surface area contributed by atoms with Gasteiger partial charge in [-0.25, -0.2) is 9.59 Å². The molecule has 0 aromatic heterocycles. The van der Waals surface area contributed by atoms with Crippen LogP contribution in [0.25, 0.3) is 0 Å². The Morgan fingerprint density at radius 1 is 0.547 bits per heavy atom. The van der Waals surface area contributed by atoms with Gasteiger partial charge >= 0.3 is 30.0 Å². The molecular weight excluding hydrogens is 841 g/mol. The fraction of sp³-hybridized carbons (Fsp3) is 0.367. The quantitative estimate of drug-likeness (QED) is 0.0508. The molecule has 0 bridgehead atoms. The molecule has 14 nitrogen and oxygen atoms in total. The maximum absolute atomic E-state index is 13.7. The van der Waals surface area contributed by atoms with E-state index in [0.717, 1.165) is 28.5 Å². The number of benzene rings is 4. The standard InChI is InChI=1S/C49H56N2O12S/c1-49(2,3)63-48(58)51-42(47(57)62-32-38-22-14-7-15-23-38)25-24-41(52)26-39(45(55)50-28-44(54)60-30-36-18-10-5-11-19-36)33-64-34-40(46(56)61-31-37-20-12-6-13-21-37)27-43(53)59-29-35-16-8-4-9-17-35/h4-23,39-40,42H,24-34H2,1-3H3,(H,50,55)(H,51,58)/t39-,40+,42-/m1/s1. The maximum atomic E-state index is 13.7. The van der Waals surface area contributed by atoms with E-state index >= 15 is 0 Å². The van der Waals surface area contributed by atoms with Crippen LogP contribution in [0.2, 0.25) is 0 Å². The van der Waals surface area contributed by atoms with E-state index in [1.165, 1.54) is 0 Å². The van der Waals surface area contributed by atoms with E-state index in [4.69, 9.17) is 23.7 Å². The molecule has 4 aromatic rings. The highest BCUT2D eigenvalue weighted by Gasteiger charge is 2.30. The Morgan fingerprint density at radius 3 is 1.47 bits per heavy atom. The first-order chi connectivity index (χ1) is 30.7. The molecule has 3 atom stereocenters. The van der Waals surface area contributed by atoms with Crippen molar-refractivity contribution in [1.29, 1.82) is 0 Å². The zero-order valence-electron chi connectivity index (χ0n) is 36.4. The Kier molecular flexibility index (Phi) is 21.1. The van der Waals surface area contributed by atoms with Crippen molar-refractivity contribution in [3.05, 3.63) is 144 Å². The average Bonchev–Trinajstić information content (AvgIpc) is 3.29. The Labute approximate surface area is 378 Å². The number of ether oxygens (including phenoxy) is 5. The van der Waals surface area contributed by atoms with Gasteiger partial charge in [-0.1, -0.05) is 121 Å². The van der Waals surface area contributed by atoms with Crippen LogP contribution in [-0.2, 0) is 78.9 Å². The normalized spacial score (nSPS) is 12.4. The van der Waals surface area contributed by atoms with Gasteiger partial charge in [0.05, 0.1) is 18.3 Å². The number of carbonyl (C=O) groups is 7. The van der Waals surface area contributed by atoms with Crippen LogP contribution in [0, 0.1) is 11.8 Å². The molecule has 0 spiro atoms. The lowest BCUT2D eigenvalue weighted by atomic mass is 9.99. The van der Waals surface area contributed by atoms with Crippen molar-refractivity contribution in [2.45, 2.75) is 84.5 Å². The molecular formula is C49H56N2O12S. The number of carbonyl (C=O) groups excluding carboxylic acids is 7. The zero-order chi connectivity index (χ0) is 46.2. The minimum absolute atomic E-state index is 0.00311. The largest absolute Gasteiger partial charge is 0.461 e. The molecule has 0 fully saturated rings. The topological polar surface area (TPSA) is 190 Å². The lowest BCUT2D eigenvalue weighted by Crippen LogP contribution is -2.44. The first-order valence-corrected chi connectivity index (χ1v) is 22.1. The molecule has 4 aromatic carbocycles. The molecule has 0 unspecified atom stereocenters. The van der Waals surface area contributed by atoms with Gasteiger partial charge in [0, 0.05) is 24.3 Å². The number of nitrogens with one attached hydrogen (secondary N) is 2. The summed E-state index contributed by atoms with van der Waals surface area (Å²) in [5.41, 5.74) is 2.12. The molecule has 64 heavy (non-hydrogen) atoms. The highest BCUT2D eigenvalue weighted by Crippen LogP contribution is 2.22. The summed E-state index contributed by atoms with van der Waals surface area (Å²) in [4.78, 5) is 92.3. The van der Waals surface area contributed by atoms with E-state index in [1.807, 2.05) is 48.5 Å². The zero-order valence-corrected chi connectivity index (χ0v) is 37.2. The minimum atomic E-state index is -1.26. The van der Waals surface area contributed by atoms with Gasteiger partial charge in [0.1, 0.15) is 50.4 Å². The number of esters is 4. The van der Waals surface area contributed by atoms with Crippen molar-refractivity contribution in [2.24, 2.45) is 11.8 Å². The summed E-state index contributed by atoms with van der Waals surface area (Å²) in [6.45, 7) is 4.43. The van der Waals surface area contributed by atoms with Crippen molar-refractivity contribution in [3.8, 4) is 0 Å². The van der Waals surface area contributed by atoms with E-state index in [9.17, 15) is 33.6 Å². The Balaban J connectivity index is 1.44. The number of thioether (sulfide) groups is 1. The van der Waals surface area contributed by atoms with Gasteiger partial charge in [0.2, 0.25) is 5.91 Å². The second-order valence-corrected chi connectivity index (χ2v) is 16.9. The first kappa shape index (κ1) is 50.2. The summed E-state index contributed by atoms with van der Waals surface area (Å²) in [5.74, 6) is -5.77. The van der Waals surface area contributed by atoms with Crippen LogP contribution in [0.1, 0.15) is 68.7 Å². The van der Waals surface area contributed by atoms with E-state index in [1.54, 1.807) is 93.6 Å². The molecule has 0 aliphatic heterocycles. The summed E-state index contributed by atoms with van der Waals surface area (Å²) in [6, 6.07) is 34.8. The Bertz CT molecular complexity index is 2100. The second-order valence-electron chi connectivity index (χ2n) is 15.8. The van der Waals surface area contributed by atoms with Gasteiger partial charge in [-0.2, -0.15) is 11.8 Å². The van der Waals surface area contributed by atoms with Gasteiger partial charge in [-0.05, 0) is 49.4 Å². The summed E-state index contributed by atoms with van der Waals surface area (Å²) in [5, 5.41) is 5.06. The molecule has 0 radical (unpaired) electrons. The van der Waals surface area contributed by atoms with Gasteiger partial charge in [-0.3, -0.25) is 24.0 Å². The van der Waals surface area contributed by atoms with Gasteiger partial charge in [-0.15, -0.1) is 0 Å². The number of rotatable bonds is 25. The smallest absolute Gasteiger partial charge is 0.408 e. The van der Waals surface area contributed by atoms with Crippen LogP contribution < -0.4 is 10.6 Å². The first-order valence-electron chi connectivity index (χ1n) is 20.9. The van der Waals surface area contributed by atoms with Crippen molar-refractivity contribution in [1.82, 2.24) is 10.6 Å². The third kappa shape index (κ3) is 20.1. The maximum Gasteiger partial charge on any atom is 0.408 e. The predicted molar refractivity (Wildman–Crippen MR) is 239 cm³/mol. The van der Waals surface area contributed by atoms with Gasteiger partial charge in [0.15, 0.2) is 0 Å². The van der Waals surface area contributed by atoms with Crippen LogP contribution in [0.5, 0.6) is 0 Å². The number of alkyl carbamates (subject to hydrolysis) is 1. The third-order valence-electron chi connectivity index (χ3n) is 9.26. The predicted octanol–water partition coefficient (Wildman–Crippen LogP) is 7.06. The Morgan fingerprint density at radius 2 is 0.984 bits per heavy atom. The van der Waals surface area contributed by atoms with Crippen LogP contribution in [-0.4, -0.2) is 71.4 Å². The van der Waals surface area contributed by atoms with Crippen molar-refractivity contribution >= 4 is 53.4 Å². The number of Topliss-reactive ketones (excluding diaryl/α,β-unsaturated/α-hetero) is 1. The van der Waals surface area contributed by atoms with E-state index < -0.39 is 71.7 Å². The summed E-state index contributed by atoms with van der Waals surface area (Å²) >= 11 is 1.15. The molecule has 2 N–H and O–H groups in total. The average molecular weight is 897 g/mol. The minimum Gasteiger partial charge on any atom is -0.461 e. The van der Waals surface area contributed by atoms with E-state index in [-0.39, 0.29) is 63.6 Å². The fourth-order valence-corrected chi connectivity index (χ4v) is 7.17. The number of ketones is 1. The molecule has 2 amide bonds. The van der Waals surface area contributed by atoms with Gasteiger partial charge in [0.25, 0.3) is 0 Å². The van der Waals surface area contributed by atoms with Crippen molar-refractivity contribution < 1.29 is 57.2 Å². The summed E-state index contributed by atoms with van der Waals surface area (Å²) < 4.78 is 27.2.